The van der Waals surface area contributed by atoms with Gasteiger partial charge in [-0.3, -0.25) is 4.79 Å². The molecular formula is C16H22BrN3O. The molecule has 1 heterocycles. The third-order valence-electron chi connectivity index (χ3n) is 4.44. The molecule has 5 heteroatoms. The maximum absolute atomic E-state index is 12.3. The van der Waals surface area contributed by atoms with Crippen molar-refractivity contribution < 1.29 is 4.79 Å². The van der Waals surface area contributed by atoms with E-state index in [2.05, 4.69) is 44.2 Å². The first-order chi connectivity index (χ1) is 10.2. The third kappa shape index (κ3) is 3.84. The Bertz CT molecular complexity index is 485. The summed E-state index contributed by atoms with van der Waals surface area (Å²) in [7, 11) is 0. The van der Waals surface area contributed by atoms with Gasteiger partial charge in [-0.05, 0) is 37.0 Å². The lowest BCUT2D eigenvalue weighted by Crippen LogP contribution is -2.47. The number of benzene rings is 1. The van der Waals surface area contributed by atoms with Gasteiger partial charge in [-0.2, -0.15) is 0 Å². The lowest BCUT2D eigenvalue weighted by Gasteiger charge is -2.24. The topological polar surface area (TPSA) is 53.2 Å². The summed E-state index contributed by atoms with van der Waals surface area (Å²) in [6.07, 6.45) is 6.83. The molecule has 1 aliphatic carbocycles. The molecule has 0 spiro atoms. The molecule has 1 aromatic carbocycles. The smallest absolute Gasteiger partial charge is 0.238 e. The van der Waals surface area contributed by atoms with Gasteiger partial charge in [0.15, 0.2) is 0 Å². The van der Waals surface area contributed by atoms with Crippen LogP contribution in [-0.2, 0) is 4.79 Å². The fraction of sp³-hybridized carbons (Fsp3) is 0.562. The van der Waals surface area contributed by atoms with Crippen molar-refractivity contribution in [3.63, 3.8) is 0 Å². The van der Waals surface area contributed by atoms with Gasteiger partial charge in [0.25, 0.3) is 0 Å². The van der Waals surface area contributed by atoms with Gasteiger partial charge in [-0.1, -0.05) is 47.3 Å². The van der Waals surface area contributed by atoms with Crippen molar-refractivity contribution in [1.29, 1.82) is 0 Å². The molecule has 3 rings (SSSR count). The van der Waals surface area contributed by atoms with E-state index in [0.717, 1.165) is 23.7 Å². The molecule has 3 N–H and O–H groups in total. The van der Waals surface area contributed by atoms with E-state index in [1.807, 2.05) is 12.1 Å². The first-order valence-corrected chi connectivity index (χ1v) is 8.58. The summed E-state index contributed by atoms with van der Waals surface area (Å²) in [5, 5.41) is 3.19. The second-order valence-electron chi connectivity index (χ2n) is 6.02. The monoisotopic (exact) mass is 351 g/mol. The molecule has 1 saturated heterocycles. The van der Waals surface area contributed by atoms with Crippen molar-refractivity contribution in [3.05, 3.63) is 34.3 Å². The van der Waals surface area contributed by atoms with Crippen molar-refractivity contribution >= 4 is 21.8 Å². The van der Waals surface area contributed by atoms with Gasteiger partial charge in [0, 0.05) is 16.6 Å². The van der Waals surface area contributed by atoms with Crippen LogP contribution in [0.15, 0.2) is 28.7 Å². The summed E-state index contributed by atoms with van der Waals surface area (Å²) in [5.74, 6) is 0.133. The van der Waals surface area contributed by atoms with Gasteiger partial charge in [-0.25, -0.2) is 10.9 Å². The Labute approximate surface area is 134 Å². The molecule has 2 atom stereocenters. The van der Waals surface area contributed by atoms with E-state index in [1.165, 1.54) is 24.8 Å². The lowest BCUT2D eigenvalue weighted by molar-refractivity contribution is -0.123. The van der Waals surface area contributed by atoms with Crippen LogP contribution in [0.3, 0.4) is 0 Å². The average molecular weight is 352 g/mol. The van der Waals surface area contributed by atoms with E-state index < -0.39 is 0 Å². The molecule has 21 heavy (non-hydrogen) atoms. The van der Waals surface area contributed by atoms with Gasteiger partial charge in [0.2, 0.25) is 5.91 Å². The molecule has 2 fully saturated rings. The molecule has 1 amide bonds. The first-order valence-electron chi connectivity index (χ1n) is 7.79. The number of carbonyl (C=O) groups excluding carboxylic acids is 1. The van der Waals surface area contributed by atoms with Gasteiger partial charge < -0.3 is 5.32 Å². The Kier molecular flexibility index (Phi) is 4.93. The zero-order chi connectivity index (χ0) is 14.7. The standard InChI is InChI=1S/C16H22BrN3O/c17-12-8-6-11(7-9-12)14-10-15(20-19-14)16(21)18-13-4-2-1-3-5-13/h6-9,13-15,19-20H,1-5,10H2,(H,18,21). The third-order valence-corrected chi connectivity index (χ3v) is 4.97. The predicted octanol–water partition coefficient (Wildman–Crippen LogP) is 2.81. The quantitative estimate of drug-likeness (QED) is 0.784. The van der Waals surface area contributed by atoms with Gasteiger partial charge in [-0.15, -0.1) is 0 Å². The molecule has 0 bridgehead atoms. The van der Waals surface area contributed by atoms with Crippen molar-refractivity contribution in [2.24, 2.45) is 0 Å². The molecule has 1 saturated carbocycles. The number of rotatable bonds is 3. The summed E-state index contributed by atoms with van der Waals surface area (Å²) >= 11 is 3.44. The predicted molar refractivity (Wildman–Crippen MR) is 86.6 cm³/mol. The van der Waals surface area contributed by atoms with Crippen molar-refractivity contribution in [1.82, 2.24) is 16.2 Å². The summed E-state index contributed by atoms with van der Waals surface area (Å²) < 4.78 is 1.07. The Balaban J connectivity index is 1.53. The maximum Gasteiger partial charge on any atom is 0.238 e. The van der Waals surface area contributed by atoms with E-state index in [-0.39, 0.29) is 18.0 Å². The molecule has 1 aliphatic heterocycles. The number of amides is 1. The Hall–Kier alpha value is -0.910. The number of halogens is 1. The molecular weight excluding hydrogens is 330 g/mol. The highest BCUT2D eigenvalue weighted by Gasteiger charge is 2.31. The number of hydrogen-bond donors (Lipinski definition) is 3. The second kappa shape index (κ2) is 6.90. The van der Waals surface area contributed by atoms with E-state index in [4.69, 9.17) is 0 Å². The molecule has 114 valence electrons. The van der Waals surface area contributed by atoms with Crippen molar-refractivity contribution in [2.75, 3.05) is 0 Å². The zero-order valence-corrected chi connectivity index (χ0v) is 13.7. The minimum absolute atomic E-state index is 0.133. The number of nitrogens with one attached hydrogen (secondary N) is 3. The van der Waals surface area contributed by atoms with E-state index in [0.29, 0.717) is 6.04 Å². The maximum atomic E-state index is 12.3. The molecule has 0 aromatic heterocycles. The van der Waals surface area contributed by atoms with Gasteiger partial charge in [0.05, 0.1) is 0 Å². The van der Waals surface area contributed by atoms with Crippen LogP contribution in [0.5, 0.6) is 0 Å². The summed E-state index contributed by atoms with van der Waals surface area (Å²) in [4.78, 5) is 12.3. The van der Waals surface area contributed by atoms with Crippen molar-refractivity contribution in [2.45, 2.75) is 56.7 Å². The van der Waals surface area contributed by atoms with Crippen LogP contribution in [0.2, 0.25) is 0 Å². The molecule has 2 aliphatic rings. The lowest BCUT2D eigenvalue weighted by atomic mass is 9.95. The Morgan fingerprint density at radius 3 is 2.52 bits per heavy atom. The van der Waals surface area contributed by atoms with Gasteiger partial charge >= 0.3 is 0 Å². The van der Waals surface area contributed by atoms with E-state index in [1.54, 1.807) is 0 Å². The largest absolute Gasteiger partial charge is 0.352 e. The van der Waals surface area contributed by atoms with Crippen LogP contribution in [0.1, 0.15) is 50.1 Å². The summed E-state index contributed by atoms with van der Waals surface area (Å²) in [5.41, 5.74) is 7.58. The SMILES string of the molecule is O=C(NC1CCCCC1)C1CC(c2ccc(Br)cc2)NN1. The van der Waals surface area contributed by atoms with E-state index in [9.17, 15) is 4.79 Å². The minimum Gasteiger partial charge on any atom is -0.352 e. The zero-order valence-electron chi connectivity index (χ0n) is 12.1. The molecule has 2 unspecified atom stereocenters. The van der Waals surface area contributed by atoms with E-state index >= 15 is 0 Å². The van der Waals surface area contributed by atoms with Crippen molar-refractivity contribution in [3.8, 4) is 0 Å². The minimum atomic E-state index is -0.138. The normalized spacial score (nSPS) is 26.7. The fourth-order valence-electron chi connectivity index (χ4n) is 3.19. The number of carbonyl (C=O) groups is 1. The highest BCUT2D eigenvalue weighted by molar-refractivity contribution is 9.10. The van der Waals surface area contributed by atoms with Crippen LogP contribution in [0.4, 0.5) is 0 Å². The average Bonchev–Trinajstić information content (AvgIpc) is 2.99. The van der Waals surface area contributed by atoms with Crippen LogP contribution >= 0.6 is 15.9 Å². The van der Waals surface area contributed by atoms with Crippen LogP contribution in [0.25, 0.3) is 0 Å². The van der Waals surface area contributed by atoms with Crippen LogP contribution in [0, 0.1) is 0 Å². The molecule has 1 aromatic rings. The Morgan fingerprint density at radius 1 is 1.10 bits per heavy atom. The molecule has 0 radical (unpaired) electrons. The summed E-state index contributed by atoms with van der Waals surface area (Å²) in [6.45, 7) is 0. The second-order valence-corrected chi connectivity index (χ2v) is 6.94. The Morgan fingerprint density at radius 2 is 1.81 bits per heavy atom. The number of hydrogen-bond acceptors (Lipinski definition) is 3. The van der Waals surface area contributed by atoms with Gasteiger partial charge in [0.1, 0.15) is 6.04 Å². The van der Waals surface area contributed by atoms with Crippen LogP contribution in [-0.4, -0.2) is 18.0 Å². The summed E-state index contributed by atoms with van der Waals surface area (Å²) in [6, 6.07) is 8.68. The van der Waals surface area contributed by atoms with Crippen LogP contribution < -0.4 is 16.2 Å². The highest BCUT2D eigenvalue weighted by atomic mass is 79.9. The molecule has 4 nitrogen and oxygen atoms in total. The first kappa shape index (κ1) is 15.0. The number of hydrazine groups is 1. The fourth-order valence-corrected chi connectivity index (χ4v) is 3.45. The highest BCUT2D eigenvalue weighted by Crippen LogP contribution is 2.24.